The van der Waals surface area contributed by atoms with Crippen molar-refractivity contribution in [3.63, 3.8) is 0 Å². The van der Waals surface area contributed by atoms with E-state index in [9.17, 15) is 15.0 Å². The van der Waals surface area contributed by atoms with Crippen LogP contribution in [0.3, 0.4) is 0 Å². The summed E-state index contributed by atoms with van der Waals surface area (Å²) in [6.45, 7) is 2.16. The van der Waals surface area contributed by atoms with Gasteiger partial charge >= 0.3 is 0 Å². The fraction of sp³-hybridized carbons (Fsp3) is 0.750. The summed E-state index contributed by atoms with van der Waals surface area (Å²) in [5.74, 6) is 4.54. The first-order valence-corrected chi connectivity index (χ1v) is 9.02. The van der Waals surface area contributed by atoms with Crippen molar-refractivity contribution in [2.75, 3.05) is 0 Å². The number of rotatable bonds is 0. The first kappa shape index (κ1) is 15.4. The molecule has 124 valence electrons. The zero-order valence-corrected chi connectivity index (χ0v) is 13.8. The third-order valence-electron chi connectivity index (χ3n) is 7.74. The smallest absolute Gasteiger partial charge is 0.155 e. The highest BCUT2D eigenvalue weighted by Gasteiger charge is 2.62. The van der Waals surface area contributed by atoms with Crippen molar-refractivity contribution in [3.8, 4) is 12.3 Å². The van der Waals surface area contributed by atoms with Crippen LogP contribution in [0.15, 0.2) is 11.6 Å². The molecule has 0 bridgehead atoms. The summed E-state index contributed by atoms with van der Waals surface area (Å²) in [5, 5.41) is 21.6. The highest BCUT2D eigenvalue weighted by Crippen LogP contribution is 2.64. The molecule has 4 aliphatic rings. The molecule has 3 heteroatoms. The number of carbonyl (C=O) groups is 1. The maximum absolute atomic E-state index is 11.7. The van der Waals surface area contributed by atoms with Gasteiger partial charge in [0, 0.05) is 11.8 Å². The molecule has 4 aliphatic carbocycles. The maximum atomic E-state index is 11.7. The van der Waals surface area contributed by atoms with E-state index in [1.807, 2.05) is 0 Å². The summed E-state index contributed by atoms with van der Waals surface area (Å²) in [6.07, 6.45) is 12.7. The van der Waals surface area contributed by atoms with E-state index in [1.165, 1.54) is 0 Å². The van der Waals surface area contributed by atoms with E-state index in [0.717, 1.165) is 37.7 Å². The highest BCUT2D eigenvalue weighted by atomic mass is 16.3. The highest BCUT2D eigenvalue weighted by molar-refractivity contribution is 5.91. The Labute approximate surface area is 138 Å². The Morgan fingerprint density at radius 1 is 1.26 bits per heavy atom. The lowest BCUT2D eigenvalue weighted by atomic mass is 9.50. The van der Waals surface area contributed by atoms with Crippen LogP contribution < -0.4 is 0 Å². The van der Waals surface area contributed by atoms with Crippen LogP contribution in [0.5, 0.6) is 0 Å². The van der Waals surface area contributed by atoms with E-state index in [2.05, 4.69) is 12.8 Å². The summed E-state index contributed by atoms with van der Waals surface area (Å²) < 4.78 is 0. The van der Waals surface area contributed by atoms with Crippen LogP contribution in [0, 0.1) is 41.4 Å². The predicted octanol–water partition coefficient (Wildman–Crippen LogP) is 2.46. The van der Waals surface area contributed by atoms with Crippen molar-refractivity contribution in [3.05, 3.63) is 11.6 Å². The normalized spacial score (nSPS) is 52.0. The average molecular weight is 314 g/mol. The Hall–Kier alpha value is -1.11. The number of carbonyl (C=O) groups excluding carboxylic acids is 1. The summed E-state index contributed by atoms with van der Waals surface area (Å²) >= 11 is 0. The number of aliphatic hydroxyl groups excluding tert-OH is 1. The van der Waals surface area contributed by atoms with Crippen LogP contribution in [0.2, 0.25) is 0 Å². The molecule has 0 amide bonds. The van der Waals surface area contributed by atoms with Crippen LogP contribution in [0.25, 0.3) is 0 Å². The molecular formula is C20H26O3. The number of hydrogen-bond acceptors (Lipinski definition) is 3. The Kier molecular flexibility index (Phi) is 3.31. The Morgan fingerprint density at radius 3 is 2.78 bits per heavy atom. The van der Waals surface area contributed by atoms with Crippen LogP contribution in [-0.4, -0.2) is 27.7 Å². The molecule has 4 unspecified atom stereocenters. The topological polar surface area (TPSA) is 57.5 Å². The SMILES string of the molecule is C#C[C@]1(O)CCC2C3C[C@@H](O)C4=CC(=O)CCC4C3CC[C@@]21C. The molecule has 0 spiro atoms. The molecule has 4 rings (SSSR count). The second-order valence-corrected chi connectivity index (χ2v) is 8.44. The zero-order valence-electron chi connectivity index (χ0n) is 13.8. The third kappa shape index (κ3) is 1.95. The van der Waals surface area contributed by atoms with Gasteiger partial charge in [-0.15, -0.1) is 6.42 Å². The van der Waals surface area contributed by atoms with Gasteiger partial charge in [0.25, 0.3) is 0 Å². The van der Waals surface area contributed by atoms with E-state index in [1.54, 1.807) is 6.08 Å². The number of ketones is 1. The molecule has 23 heavy (non-hydrogen) atoms. The lowest BCUT2D eigenvalue weighted by molar-refractivity contribution is -0.118. The van der Waals surface area contributed by atoms with Crippen molar-refractivity contribution in [1.82, 2.24) is 0 Å². The molecule has 0 radical (unpaired) electrons. The van der Waals surface area contributed by atoms with Crippen LogP contribution in [0.4, 0.5) is 0 Å². The van der Waals surface area contributed by atoms with Crippen molar-refractivity contribution in [2.24, 2.45) is 29.1 Å². The van der Waals surface area contributed by atoms with Gasteiger partial charge in [0.15, 0.2) is 5.78 Å². The summed E-state index contributed by atoms with van der Waals surface area (Å²) in [5.41, 5.74) is -0.239. The van der Waals surface area contributed by atoms with E-state index < -0.39 is 11.7 Å². The largest absolute Gasteiger partial charge is 0.389 e. The molecule has 0 aliphatic heterocycles. The second kappa shape index (κ2) is 4.94. The number of hydrogen-bond donors (Lipinski definition) is 2. The molecule has 3 fully saturated rings. The monoisotopic (exact) mass is 314 g/mol. The first-order valence-electron chi connectivity index (χ1n) is 9.02. The van der Waals surface area contributed by atoms with E-state index in [0.29, 0.717) is 36.5 Å². The Bertz CT molecular complexity index is 615. The van der Waals surface area contributed by atoms with Gasteiger partial charge in [0.2, 0.25) is 0 Å². The van der Waals surface area contributed by atoms with Gasteiger partial charge in [-0.25, -0.2) is 0 Å². The van der Waals surface area contributed by atoms with Gasteiger partial charge in [-0.1, -0.05) is 12.8 Å². The molecule has 0 aromatic rings. The molecule has 0 aromatic heterocycles. The van der Waals surface area contributed by atoms with Crippen molar-refractivity contribution >= 4 is 5.78 Å². The summed E-state index contributed by atoms with van der Waals surface area (Å²) in [7, 11) is 0. The van der Waals surface area contributed by atoms with Crippen molar-refractivity contribution in [1.29, 1.82) is 0 Å². The maximum Gasteiger partial charge on any atom is 0.155 e. The molecule has 3 saturated carbocycles. The van der Waals surface area contributed by atoms with Gasteiger partial charge in [0.1, 0.15) is 5.60 Å². The van der Waals surface area contributed by atoms with E-state index in [4.69, 9.17) is 6.42 Å². The first-order chi connectivity index (χ1) is 10.9. The number of terminal acetylenes is 1. The summed E-state index contributed by atoms with van der Waals surface area (Å²) in [4.78, 5) is 11.7. The Balaban J connectivity index is 1.69. The van der Waals surface area contributed by atoms with Gasteiger partial charge in [0.05, 0.1) is 6.10 Å². The van der Waals surface area contributed by atoms with Crippen LogP contribution in [0.1, 0.15) is 51.9 Å². The van der Waals surface area contributed by atoms with Crippen LogP contribution >= 0.6 is 0 Å². The fourth-order valence-electron chi connectivity index (χ4n) is 6.44. The molecular weight excluding hydrogens is 288 g/mol. The van der Waals surface area contributed by atoms with Gasteiger partial charge < -0.3 is 10.2 Å². The van der Waals surface area contributed by atoms with E-state index in [-0.39, 0.29) is 11.2 Å². The molecule has 0 aromatic carbocycles. The lowest BCUT2D eigenvalue weighted by Crippen LogP contribution is -2.53. The van der Waals surface area contributed by atoms with Crippen molar-refractivity contribution in [2.45, 2.75) is 63.6 Å². The van der Waals surface area contributed by atoms with Gasteiger partial charge in [-0.05, 0) is 73.8 Å². The lowest BCUT2D eigenvalue weighted by Gasteiger charge is -2.55. The minimum Gasteiger partial charge on any atom is -0.389 e. The van der Waals surface area contributed by atoms with Gasteiger partial charge in [-0.3, -0.25) is 4.79 Å². The zero-order chi connectivity index (χ0) is 16.4. The minimum absolute atomic E-state index is 0.164. The number of aliphatic hydroxyl groups is 2. The fourth-order valence-corrected chi connectivity index (χ4v) is 6.44. The molecule has 7 atom stereocenters. The number of fused-ring (bicyclic) bond motifs is 5. The van der Waals surface area contributed by atoms with Crippen molar-refractivity contribution < 1.29 is 15.0 Å². The molecule has 0 saturated heterocycles. The molecule has 3 nitrogen and oxygen atoms in total. The predicted molar refractivity (Wildman–Crippen MR) is 87.3 cm³/mol. The van der Waals surface area contributed by atoms with Crippen LogP contribution in [-0.2, 0) is 4.79 Å². The minimum atomic E-state index is -0.994. The third-order valence-corrected chi connectivity index (χ3v) is 7.74. The molecule has 0 heterocycles. The standard InChI is InChI=1S/C20H26O3/c1-3-20(23)9-7-17-15-11-18(22)16-10-12(21)4-5-13(16)14(15)6-8-19(17,20)2/h1,10,13-15,17-18,22-23H,4-9,11H2,2H3/t13?,14?,15?,17?,18-,19+,20+/m1/s1. The Morgan fingerprint density at radius 2 is 2.04 bits per heavy atom. The second-order valence-electron chi connectivity index (χ2n) is 8.44. The van der Waals surface area contributed by atoms with E-state index >= 15 is 0 Å². The molecule has 2 N–H and O–H groups in total. The summed E-state index contributed by atoms with van der Waals surface area (Å²) in [6, 6.07) is 0. The average Bonchev–Trinajstić information content (AvgIpc) is 2.80. The van der Waals surface area contributed by atoms with Gasteiger partial charge in [-0.2, -0.15) is 0 Å². The quantitative estimate of drug-likeness (QED) is 0.675.